The average Bonchev–Trinajstić information content (AvgIpc) is 3.37. The molecule has 0 radical (unpaired) electrons. The molecule has 1 fully saturated rings. The number of anilines is 1. The number of fused-ring (bicyclic) bond motifs is 1. The van der Waals surface area contributed by atoms with Crippen LogP contribution in [0.25, 0.3) is 11.2 Å². The highest BCUT2D eigenvalue weighted by Gasteiger charge is 2.32. The van der Waals surface area contributed by atoms with Crippen molar-refractivity contribution >= 4 is 32.3 Å². The van der Waals surface area contributed by atoms with Gasteiger partial charge in [0.1, 0.15) is 24.3 Å². The minimum atomic E-state index is -4.45. The molecule has 1 aliphatic rings. The minimum Gasteiger partial charge on any atom is -0.388 e. The lowest BCUT2D eigenvalue weighted by molar-refractivity contribution is -0.00740. The number of nitrogens with zero attached hydrogens (tertiary/aromatic N) is 4. The summed E-state index contributed by atoms with van der Waals surface area (Å²) in [5, 5.41) is 10.6. The van der Waals surface area contributed by atoms with Gasteiger partial charge in [-0.1, -0.05) is 0 Å². The van der Waals surface area contributed by atoms with Crippen molar-refractivity contribution in [1.82, 2.24) is 19.5 Å². The molecule has 3 rings (SSSR count). The summed E-state index contributed by atoms with van der Waals surface area (Å²) in [6, 6.07) is -0.986. The molecule has 0 saturated heterocycles. The van der Waals surface area contributed by atoms with Crippen LogP contribution in [0.3, 0.4) is 0 Å². The summed E-state index contributed by atoms with van der Waals surface area (Å²) in [4.78, 5) is 48.5. The molecule has 0 aromatic carbocycles. The van der Waals surface area contributed by atoms with Crippen LogP contribution in [-0.4, -0.2) is 76.2 Å². The van der Waals surface area contributed by atoms with E-state index in [2.05, 4.69) is 15.0 Å². The Bertz CT molecular complexity index is 986. The number of nitrogens with two attached hydrogens (primary N) is 1. The Hall–Kier alpha value is -1.47. The molecule has 16 heteroatoms. The lowest BCUT2D eigenvalue weighted by Crippen LogP contribution is -2.32. The van der Waals surface area contributed by atoms with Crippen molar-refractivity contribution in [2.75, 3.05) is 31.6 Å². The van der Waals surface area contributed by atoms with Crippen molar-refractivity contribution in [2.45, 2.75) is 30.9 Å². The molecule has 7 N–H and O–H groups in total. The summed E-state index contributed by atoms with van der Waals surface area (Å²) in [7, 11) is -8.89. The van der Waals surface area contributed by atoms with E-state index in [-0.39, 0.29) is 18.5 Å². The van der Waals surface area contributed by atoms with Crippen LogP contribution >= 0.6 is 15.2 Å². The van der Waals surface area contributed by atoms with Crippen molar-refractivity contribution in [3.05, 3.63) is 12.0 Å². The first-order valence-corrected chi connectivity index (χ1v) is 12.5. The van der Waals surface area contributed by atoms with Gasteiger partial charge in [-0.2, -0.15) is 4.98 Å². The Balaban J connectivity index is 1.87. The molecule has 168 valence electrons. The SMILES string of the molecule is Nc1nc(C2CC2)c2ncn([C@@H](COCP(=O)(O)O)[C@H](O)COCP(=O)(O)O)c2n1. The van der Waals surface area contributed by atoms with Gasteiger partial charge in [0.15, 0.2) is 5.65 Å². The Morgan fingerprint density at radius 1 is 1.10 bits per heavy atom. The second-order valence-electron chi connectivity index (χ2n) is 7.03. The number of hydrogen-bond donors (Lipinski definition) is 6. The average molecular weight is 467 g/mol. The van der Waals surface area contributed by atoms with Gasteiger partial charge < -0.3 is 44.5 Å². The van der Waals surface area contributed by atoms with E-state index < -0.39 is 46.6 Å². The standard InChI is InChI=1S/C14H23N5O9P2/c15-14-17-11(8-1-2-8)12-13(18-14)19(5-16-12)9(3-27-6-29(21,22)23)10(20)4-28-7-30(24,25)26/h5,8-10,20H,1-4,6-7H2,(H2,15,17,18)(H2,21,22,23)(H2,24,25,26)/t9-,10+/m0/s1. The Labute approximate surface area is 170 Å². The lowest BCUT2D eigenvalue weighted by Gasteiger charge is -2.24. The predicted octanol–water partition coefficient (Wildman–Crippen LogP) is -0.508. The minimum absolute atomic E-state index is 0.00766. The van der Waals surface area contributed by atoms with Gasteiger partial charge in [0.2, 0.25) is 5.95 Å². The van der Waals surface area contributed by atoms with E-state index in [0.717, 1.165) is 12.8 Å². The fourth-order valence-electron chi connectivity index (χ4n) is 2.91. The smallest absolute Gasteiger partial charge is 0.350 e. The highest BCUT2D eigenvalue weighted by Crippen LogP contribution is 2.42. The van der Waals surface area contributed by atoms with E-state index in [1.807, 2.05) is 0 Å². The summed E-state index contributed by atoms with van der Waals surface area (Å²) in [5.74, 6) is 0.218. The third kappa shape index (κ3) is 6.27. The first kappa shape index (κ1) is 23.2. The van der Waals surface area contributed by atoms with Crippen LogP contribution in [0, 0.1) is 0 Å². The third-order valence-electron chi connectivity index (χ3n) is 4.33. The van der Waals surface area contributed by atoms with Crippen LogP contribution in [0.5, 0.6) is 0 Å². The maximum atomic E-state index is 11.1. The zero-order chi connectivity index (χ0) is 22.1. The maximum absolute atomic E-state index is 11.1. The Morgan fingerprint density at radius 2 is 1.70 bits per heavy atom. The van der Waals surface area contributed by atoms with Crippen molar-refractivity contribution in [2.24, 2.45) is 0 Å². The molecule has 0 spiro atoms. The Morgan fingerprint density at radius 3 is 2.27 bits per heavy atom. The monoisotopic (exact) mass is 467 g/mol. The molecule has 1 aliphatic carbocycles. The number of hydrogen-bond acceptors (Lipinski definition) is 9. The number of aliphatic hydroxyl groups excluding tert-OH is 1. The summed E-state index contributed by atoms with van der Waals surface area (Å²) in [6.07, 6.45) is 0.0920. The molecule has 2 heterocycles. The van der Waals surface area contributed by atoms with Gasteiger partial charge >= 0.3 is 15.2 Å². The molecule has 1 saturated carbocycles. The van der Waals surface area contributed by atoms with Gasteiger partial charge in [-0.25, -0.2) is 9.97 Å². The molecular formula is C14H23N5O9P2. The molecule has 0 unspecified atom stereocenters. The molecule has 2 aromatic rings. The number of ether oxygens (including phenoxy) is 2. The van der Waals surface area contributed by atoms with Crippen LogP contribution in [0.1, 0.15) is 30.5 Å². The highest BCUT2D eigenvalue weighted by molar-refractivity contribution is 7.51. The van der Waals surface area contributed by atoms with Crippen LogP contribution in [0.4, 0.5) is 5.95 Å². The van der Waals surface area contributed by atoms with Gasteiger partial charge in [-0.15, -0.1) is 0 Å². The number of nitrogen functional groups attached to an aromatic ring is 1. The predicted molar refractivity (Wildman–Crippen MR) is 102 cm³/mol. The van der Waals surface area contributed by atoms with E-state index in [1.54, 1.807) is 0 Å². The molecular weight excluding hydrogens is 444 g/mol. The van der Waals surface area contributed by atoms with Crippen molar-refractivity contribution in [3.63, 3.8) is 0 Å². The highest BCUT2D eigenvalue weighted by atomic mass is 31.2. The van der Waals surface area contributed by atoms with Crippen molar-refractivity contribution in [1.29, 1.82) is 0 Å². The van der Waals surface area contributed by atoms with E-state index in [9.17, 15) is 14.2 Å². The zero-order valence-electron chi connectivity index (χ0n) is 15.7. The Kier molecular flexibility index (Phi) is 6.92. The molecule has 14 nitrogen and oxygen atoms in total. The summed E-state index contributed by atoms with van der Waals surface area (Å²) >= 11 is 0. The molecule has 30 heavy (non-hydrogen) atoms. The summed E-state index contributed by atoms with van der Waals surface area (Å²) in [5.41, 5.74) is 7.26. The maximum Gasteiger partial charge on any atom is 0.350 e. The molecule has 0 amide bonds. The zero-order valence-corrected chi connectivity index (χ0v) is 17.5. The second kappa shape index (κ2) is 8.95. The van der Waals surface area contributed by atoms with Crippen molar-refractivity contribution in [3.8, 4) is 0 Å². The van der Waals surface area contributed by atoms with Gasteiger partial charge in [-0.05, 0) is 12.8 Å². The molecule has 0 bridgehead atoms. The lowest BCUT2D eigenvalue weighted by atomic mass is 10.1. The fraction of sp³-hybridized carbons (Fsp3) is 0.643. The van der Waals surface area contributed by atoms with Gasteiger partial charge in [0.05, 0.1) is 31.3 Å². The summed E-state index contributed by atoms with van der Waals surface area (Å²) < 4.78 is 33.4. The quantitative estimate of drug-likeness (QED) is 0.229. The van der Waals surface area contributed by atoms with Gasteiger partial charge in [0.25, 0.3) is 0 Å². The normalized spacial score (nSPS) is 17.4. The number of aromatic nitrogens is 4. The van der Waals surface area contributed by atoms with Crippen molar-refractivity contribution < 1.29 is 43.3 Å². The molecule has 0 aliphatic heterocycles. The van der Waals surface area contributed by atoms with Crippen LogP contribution < -0.4 is 5.73 Å². The molecule has 2 atom stereocenters. The van der Waals surface area contributed by atoms with E-state index >= 15 is 0 Å². The molecule has 2 aromatic heterocycles. The second-order valence-corrected chi connectivity index (χ2v) is 10.2. The first-order chi connectivity index (χ1) is 13.9. The fourth-order valence-corrected chi connectivity index (χ4v) is 3.60. The summed E-state index contributed by atoms with van der Waals surface area (Å²) in [6.45, 7) is -0.843. The third-order valence-corrected chi connectivity index (χ3v) is 5.37. The van der Waals surface area contributed by atoms with E-state index in [1.165, 1.54) is 10.9 Å². The van der Waals surface area contributed by atoms with E-state index in [4.69, 9.17) is 34.8 Å². The van der Waals surface area contributed by atoms with Gasteiger partial charge in [-0.3, -0.25) is 9.13 Å². The number of imidazole rings is 1. The first-order valence-electron chi connectivity index (χ1n) is 8.87. The van der Waals surface area contributed by atoms with E-state index in [0.29, 0.717) is 16.9 Å². The largest absolute Gasteiger partial charge is 0.388 e. The van der Waals surface area contributed by atoms with Crippen LogP contribution in [-0.2, 0) is 18.6 Å². The van der Waals surface area contributed by atoms with Gasteiger partial charge in [0, 0.05) is 5.92 Å². The number of rotatable bonds is 11. The topological polar surface area (TPSA) is 223 Å². The number of aliphatic hydroxyl groups is 1. The van der Waals surface area contributed by atoms with Crippen LogP contribution in [0.15, 0.2) is 6.33 Å². The van der Waals surface area contributed by atoms with Crippen LogP contribution in [0.2, 0.25) is 0 Å².